The summed E-state index contributed by atoms with van der Waals surface area (Å²) in [4.78, 5) is 21.4. The van der Waals surface area contributed by atoms with Gasteiger partial charge in [-0.3, -0.25) is 14.6 Å². The quantitative estimate of drug-likeness (QED) is 0.881. The molecule has 2 atom stereocenters. The number of primary amides is 1. The average molecular weight is 332 g/mol. The highest BCUT2D eigenvalue weighted by atomic mass is 32.1. The van der Waals surface area contributed by atoms with Crippen LogP contribution in [-0.2, 0) is 4.79 Å². The first kappa shape index (κ1) is 16.4. The number of likely N-dealkylation sites (tertiary alicyclic amines) is 1. The number of rotatable bonds is 6. The molecule has 1 aromatic heterocycles. The van der Waals surface area contributed by atoms with Crippen LogP contribution in [0.2, 0.25) is 0 Å². The van der Waals surface area contributed by atoms with Gasteiger partial charge in [0.15, 0.2) is 0 Å². The van der Waals surface area contributed by atoms with Gasteiger partial charge in [0.05, 0.1) is 10.2 Å². The van der Waals surface area contributed by atoms with Crippen LogP contribution in [0.3, 0.4) is 0 Å². The number of benzene rings is 1. The molecule has 2 N–H and O–H groups in total. The minimum atomic E-state index is -0.409. The number of thiazole rings is 1. The van der Waals surface area contributed by atoms with E-state index in [0.29, 0.717) is 6.04 Å². The lowest BCUT2D eigenvalue weighted by Crippen LogP contribution is -2.40. The Bertz CT molecular complexity index is 649. The van der Waals surface area contributed by atoms with Crippen LogP contribution in [0, 0.1) is 0 Å². The van der Waals surface area contributed by atoms with Gasteiger partial charge in [-0.05, 0) is 31.6 Å². The van der Waals surface area contributed by atoms with Crippen molar-refractivity contribution in [2.45, 2.75) is 32.4 Å². The third-order valence-corrected chi connectivity index (χ3v) is 5.79. The molecule has 2 heterocycles. The largest absolute Gasteiger partial charge is 0.368 e. The number of fused-ring (bicyclic) bond motifs is 1. The highest BCUT2D eigenvalue weighted by molar-refractivity contribution is 7.18. The standard InChI is InChI=1S/C17H24N4OS/c1-3-20(4-2)12-9-10-21(11-12)15(16(18)22)17-19-13-7-5-6-8-14(13)23-17/h5-8,12,15H,3-4,9-11H2,1-2H3,(H2,18,22). The third-order valence-electron chi connectivity index (χ3n) is 4.70. The second kappa shape index (κ2) is 6.95. The summed E-state index contributed by atoms with van der Waals surface area (Å²) >= 11 is 1.57. The minimum absolute atomic E-state index is 0.302. The third kappa shape index (κ3) is 3.24. The number of nitrogens with zero attached hydrogens (tertiary/aromatic N) is 3. The number of aromatic nitrogens is 1. The normalized spacial score (nSPS) is 20.4. The van der Waals surface area contributed by atoms with E-state index in [1.165, 1.54) is 0 Å². The lowest BCUT2D eigenvalue weighted by Gasteiger charge is -2.28. The maximum absolute atomic E-state index is 12.1. The van der Waals surface area contributed by atoms with E-state index in [1.54, 1.807) is 11.3 Å². The molecule has 0 aliphatic carbocycles. The molecular weight excluding hydrogens is 308 g/mol. The van der Waals surface area contributed by atoms with Crippen molar-refractivity contribution in [2.75, 3.05) is 26.2 Å². The van der Waals surface area contributed by atoms with Crippen LogP contribution >= 0.6 is 11.3 Å². The van der Waals surface area contributed by atoms with Crippen molar-refractivity contribution in [3.05, 3.63) is 29.3 Å². The van der Waals surface area contributed by atoms with Crippen LogP contribution in [0.1, 0.15) is 31.3 Å². The molecule has 0 spiro atoms. The smallest absolute Gasteiger partial charge is 0.241 e. The van der Waals surface area contributed by atoms with Crippen LogP contribution in [0.25, 0.3) is 10.2 Å². The van der Waals surface area contributed by atoms with E-state index in [1.807, 2.05) is 24.3 Å². The van der Waals surface area contributed by atoms with Crippen LogP contribution in [0.5, 0.6) is 0 Å². The summed E-state index contributed by atoms with van der Waals surface area (Å²) in [5, 5.41) is 0.818. The van der Waals surface area contributed by atoms with E-state index in [2.05, 4.69) is 28.6 Å². The molecule has 1 aromatic carbocycles. The van der Waals surface area contributed by atoms with E-state index < -0.39 is 6.04 Å². The molecule has 23 heavy (non-hydrogen) atoms. The number of para-hydroxylation sites is 1. The van der Waals surface area contributed by atoms with Gasteiger partial charge in [0, 0.05) is 19.1 Å². The van der Waals surface area contributed by atoms with Crippen LogP contribution < -0.4 is 5.73 Å². The average Bonchev–Trinajstić information content (AvgIpc) is 3.15. The van der Waals surface area contributed by atoms with Crippen molar-refractivity contribution in [1.82, 2.24) is 14.8 Å². The van der Waals surface area contributed by atoms with E-state index in [9.17, 15) is 4.79 Å². The molecule has 0 radical (unpaired) electrons. The summed E-state index contributed by atoms with van der Waals surface area (Å²) in [6, 6.07) is 8.08. The Morgan fingerprint density at radius 1 is 1.43 bits per heavy atom. The number of likely N-dealkylation sites (N-methyl/N-ethyl adjacent to an activating group) is 1. The van der Waals surface area contributed by atoms with Gasteiger partial charge >= 0.3 is 0 Å². The Morgan fingerprint density at radius 2 is 2.17 bits per heavy atom. The van der Waals surface area contributed by atoms with Crippen molar-refractivity contribution in [1.29, 1.82) is 0 Å². The number of carbonyl (C=O) groups excluding carboxylic acids is 1. The minimum Gasteiger partial charge on any atom is -0.368 e. The second-order valence-corrected chi connectivity index (χ2v) is 7.05. The van der Waals surface area contributed by atoms with Crippen molar-refractivity contribution in [3.8, 4) is 0 Å². The summed E-state index contributed by atoms with van der Waals surface area (Å²) in [5.41, 5.74) is 6.67. The number of nitrogens with two attached hydrogens (primary N) is 1. The van der Waals surface area contributed by atoms with Gasteiger partial charge < -0.3 is 5.73 Å². The molecule has 0 bridgehead atoms. The van der Waals surface area contributed by atoms with Crippen LogP contribution in [0.15, 0.2) is 24.3 Å². The van der Waals surface area contributed by atoms with Gasteiger partial charge in [-0.2, -0.15) is 0 Å². The first-order valence-electron chi connectivity index (χ1n) is 8.26. The van der Waals surface area contributed by atoms with E-state index in [0.717, 1.165) is 47.8 Å². The van der Waals surface area contributed by atoms with E-state index in [4.69, 9.17) is 5.73 Å². The molecule has 1 aliphatic rings. The summed E-state index contributed by atoms with van der Waals surface area (Å²) < 4.78 is 1.10. The number of hydrogen-bond acceptors (Lipinski definition) is 5. The first-order chi connectivity index (χ1) is 11.1. The van der Waals surface area contributed by atoms with Crippen molar-refractivity contribution < 1.29 is 4.79 Å². The molecular formula is C17H24N4OS. The molecule has 124 valence electrons. The van der Waals surface area contributed by atoms with Gasteiger partial charge in [-0.15, -0.1) is 11.3 Å². The molecule has 1 amide bonds. The zero-order valence-corrected chi connectivity index (χ0v) is 14.6. The zero-order chi connectivity index (χ0) is 16.4. The maximum atomic E-state index is 12.1. The predicted molar refractivity (Wildman–Crippen MR) is 94.5 cm³/mol. The van der Waals surface area contributed by atoms with E-state index in [-0.39, 0.29) is 5.91 Å². The van der Waals surface area contributed by atoms with Gasteiger partial charge in [0.2, 0.25) is 5.91 Å². The molecule has 1 saturated heterocycles. The van der Waals surface area contributed by atoms with Gasteiger partial charge in [-0.25, -0.2) is 4.98 Å². The summed E-state index contributed by atoms with van der Waals surface area (Å²) in [5.74, 6) is -0.302. The fourth-order valence-electron chi connectivity index (χ4n) is 3.51. The maximum Gasteiger partial charge on any atom is 0.241 e. The van der Waals surface area contributed by atoms with E-state index >= 15 is 0 Å². The lowest BCUT2D eigenvalue weighted by atomic mass is 10.2. The molecule has 1 aliphatic heterocycles. The number of amides is 1. The molecule has 2 aromatic rings. The number of hydrogen-bond donors (Lipinski definition) is 1. The zero-order valence-electron chi connectivity index (χ0n) is 13.7. The van der Waals surface area contributed by atoms with Gasteiger partial charge in [0.25, 0.3) is 0 Å². The second-order valence-electron chi connectivity index (χ2n) is 5.98. The Balaban J connectivity index is 1.84. The topological polar surface area (TPSA) is 62.5 Å². The monoisotopic (exact) mass is 332 g/mol. The summed E-state index contributed by atoms with van der Waals surface area (Å²) in [6.07, 6.45) is 1.08. The molecule has 6 heteroatoms. The Kier molecular flexibility index (Phi) is 4.94. The van der Waals surface area contributed by atoms with Gasteiger partial charge in [-0.1, -0.05) is 26.0 Å². The molecule has 1 fully saturated rings. The highest BCUT2D eigenvalue weighted by Crippen LogP contribution is 2.32. The number of carbonyl (C=O) groups is 1. The Hall–Kier alpha value is -1.50. The summed E-state index contributed by atoms with van der Waals surface area (Å²) in [6.45, 7) is 8.22. The predicted octanol–water partition coefficient (Wildman–Crippen LogP) is 2.24. The lowest BCUT2D eigenvalue weighted by molar-refractivity contribution is -0.123. The van der Waals surface area contributed by atoms with Crippen molar-refractivity contribution >= 4 is 27.5 Å². The van der Waals surface area contributed by atoms with Crippen molar-refractivity contribution in [2.24, 2.45) is 5.73 Å². The highest BCUT2D eigenvalue weighted by Gasteiger charge is 2.35. The first-order valence-corrected chi connectivity index (χ1v) is 9.08. The molecule has 0 saturated carbocycles. The van der Waals surface area contributed by atoms with Crippen LogP contribution in [0.4, 0.5) is 0 Å². The summed E-state index contributed by atoms with van der Waals surface area (Å²) in [7, 11) is 0. The van der Waals surface area contributed by atoms with Crippen LogP contribution in [-0.4, -0.2) is 52.9 Å². The molecule has 3 rings (SSSR count). The Morgan fingerprint density at radius 3 is 2.83 bits per heavy atom. The van der Waals surface area contributed by atoms with Crippen molar-refractivity contribution in [3.63, 3.8) is 0 Å². The van der Waals surface area contributed by atoms with Gasteiger partial charge in [0.1, 0.15) is 11.0 Å². The SMILES string of the molecule is CCN(CC)C1CCN(C(C(N)=O)c2nc3ccccc3s2)C1. The Labute approximate surface area is 141 Å². The fourth-order valence-corrected chi connectivity index (χ4v) is 4.62. The fraction of sp³-hybridized carbons (Fsp3) is 0.529. The molecule has 2 unspecified atom stereocenters. The molecule has 5 nitrogen and oxygen atoms in total.